The van der Waals surface area contributed by atoms with Crippen LogP contribution in [-0.4, -0.2) is 4.98 Å². The fourth-order valence-corrected chi connectivity index (χ4v) is 1.40. The van der Waals surface area contributed by atoms with Gasteiger partial charge in [0.2, 0.25) is 0 Å². The van der Waals surface area contributed by atoms with E-state index in [0.29, 0.717) is 0 Å². The highest BCUT2D eigenvalue weighted by molar-refractivity contribution is 5.53. The van der Waals surface area contributed by atoms with Crippen molar-refractivity contribution in [1.29, 1.82) is 0 Å². The monoisotopic (exact) mass is 133 g/mol. The quantitative estimate of drug-likeness (QED) is 0.559. The van der Waals surface area contributed by atoms with Crippen LogP contribution in [0.25, 0.3) is 6.08 Å². The highest BCUT2D eigenvalue weighted by Gasteiger charge is 2.01. The molecule has 0 aliphatic heterocycles. The third kappa shape index (κ3) is 0.878. The predicted molar refractivity (Wildman–Crippen MR) is 42.8 cm³/mol. The molecule has 0 unspecified atom stereocenters. The smallest absolute Gasteiger partial charge is 0.00808 e. The minimum Gasteiger partial charge on any atom is -0.367 e. The van der Waals surface area contributed by atoms with Crippen molar-refractivity contribution in [2.75, 3.05) is 0 Å². The maximum Gasteiger partial charge on any atom is 0.00808 e. The van der Waals surface area contributed by atoms with Crippen molar-refractivity contribution < 1.29 is 0 Å². The Kier molecular flexibility index (Phi) is 1.35. The van der Waals surface area contributed by atoms with E-state index in [2.05, 4.69) is 29.5 Å². The molecule has 0 bridgehead atoms. The third-order valence-electron chi connectivity index (χ3n) is 1.98. The highest BCUT2D eigenvalue weighted by Crippen LogP contribution is 2.17. The molecular weight excluding hydrogens is 122 g/mol. The Balaban J connectivity index is 2.42. The van der Waals surface area contributed by atoms with E-state index in [9.17, 15) is 0 Å². The number of rotatable bonds is 0. The lowest BCUT2D eigenvalue weighted by Gasteiger charge is -1.91. The number of hydrogen-bond acceptors (Lipinski definition) is 0. The average Bonchev–Trinajstić information content (AvgIpc) is 2.28. The summed E-state index contributed by atoms with van der Waals surface area (Å²) in [6, 6.07) is 0. The van der Waals surface area contributed by atoms with Gasteiger partial charge in [0, 0.05) is 12.4 Å². The molecule has 1 heteroatoms. The molecular formula is C9H11N. The van der Waals surface area contributed by atoms with E-state index in [0.717, 1.165) is 0 Å². The van der Waals surface area contributed by atoms with Gasteiger partial charge >= 0.3 is 0 Å². The van der Waals surface area contributed by atoms with Gasteiger partial charge in [-0.05, 0) is 30.4 Å². The van der Waals surface area contributed by atoms with Crippen LogP contribution in [0.15, 0.2) is 18.5 Å². The fraction of sp³-hybridized carbons (Fsp3) is 0.333. The van der Waals surface area contributed by atoms with E-state index in [1.807, 2.05) is 0 Å². The number of aryl methyl sites for hydroxylation is 1. The van der Waals surface area contributed by atoms with E-state index >= 15 is 0 Å². The highest BCUT2D eigenvalue weighted by atomic mass is 14.6. The minimum atomic E-state index is 1.23. The van der Waals surface area contributed by atoms with Gasteiger partial charge in [-0.3, -0.25) is 0 Å². The zero-order valence-electron chi connectivity index (χ0n) is 5.93. The molecule has 0 spiro atoms. The summed E-state index contributed by atoms with van der Waals surface area (Å²) in [6.07, 6.45) is 12.4. The SMILES string of the molecule is C1=Cc2c[nH]cc2CCC1. The molecule has 0 atom stereocenters. The van der Waals surface area contributed by atoms with Crippen LogP contribution in [0.4, 0.5) is 0 Å². The van der Waals surface area contributed by atoms with Crippen LogP contribution in [-0.2, 0) is 6.42 Å². The van der Waals surface area contributed by atoms with Crippen molar-refractivity contribution in [2.45, 2.75) is 19.3 Å². The largest absolute Gasteiger partial charge is 0.367 e. The predicted octanol–water partition coefficient (Wildman–Crippen LogP) is 2.36. The van der Waals surface area contributed by atoms with E-state index in [-0.39, 0.29) is 0 Å². The normalized spacial score (nSPS) is 16.4. The summed E-state index contributed by atoms with van der Waals surface area (Å²) in [6.45, 7) is 0. The number of aromatic nitrogens is 1. The van der Waals surface area contributed by atoms with Crippen LogP contribution in [0.2, 0.25) is 0 Å². The molecule has 2 rings (SSSR count). The van der Waals surface area contributed by atoms with Crippen LogP contribution in [0.5, 0.6) is 0 Å². The van der Waals surface area contributed by atoms with Gasteiger partial charge in [-0.2, -0.15) is 0 Å². The molecule has 10 heavy (non-hydrogen) atoms. The second-order valence-electron chi connectivity index (χ2n) is 2.73. The molecule has 52 valence electrons. The summed E-state index contributed by atoms with van der Waals surface area (Å²) < 4.78 is 0. The first kappa shape index (κ1) is 5.78. The van der Waals surface area contributed by atoms with Crippen LogP contribution in [0, 0.1) is 0 Å². The maximum atomic E-state index is 3.12. The molecule has 0 saturated heterocycles. The topological polar surface area (TPSA) is 15.8 Å². The van der Waals surface area contributed by atoms with Gasteiger partial charge in [-0.25, -0.2) is 0 Å². The number of fused-ring (bicyclic) bond motifs is 1. The molecule has 1 aliphatic carbocycles. The van der Waals surface area contributed by atoms with E-state index in [4.69, 9.17) is 0 Å². The molecule has 1 heterocycles. The van der Waals surface area contributed by atoms with Gasteiger partial charge < -0.3 is 4.98 Å². The van der Waals surface area contributed by atoms with Crippen molar-refractivity contribution in [3.63, 3.8) is 0 Å². The molecule has 0 radical (unpaired) electrons. The van der Waals surface area contributed by atoms with Crippen molar-refractivity contribution >= 4 is 6.08 Å². The first-order valence-corrected chi connectivity index (χ1v) is 3.79. The summed E-state index contributed by atoms with van der Waals surface area (Å²) in [5.41, 5.74) is 2.84. The summed E-state index contributed by atoms with van der Waals surface area (Å²) >= 11 is 0. The van der Waals surface area contributed by atoms with Crippen LogP contribution >= 0.6 is 0 Å². The summed E-state index contributed by atoms with van der Waals surface area (Å²) in [5, 5.41) is 0. The second-order valence-corrected chi connectivity index (χ2v) is 2.73. The lowest BCUT2D eigenvalue weighted by Crippen LogP contribution is -1.79. The zero-order valence-corrected chi connectivity index (χ0v) is 5.93. The molecule has 1 nitrogen and oxygen atoms in total. The molecule has 1 N–H and O–H groups in total. The average molecular weight is 133 g/mol. The van der Waals surface area contributed by atoms with E-state index < -0.39 is 0 Å². The first-order valence-electron chi connectivity index (χ1n) is 3.79. The first-order chi connectivity index (χ1) is 4.97. The Labute approximate surface area is 60.8 Å². The van der Waals surface area contributed by atoms with Crippen LogP contribution < -0.4 is 0 Å². The molecule has 1 aromatic rings. The van der Waals surface area contributed by atoms with E-state index in [1.54, 1.807) is 0 Å². The van der Waals surface area contributed by atoms with Gasteiger partial charge in [0.15, 0.2) is 0 Å². The van der Waals surface area contributed by atoms with Crippen molar-refractivity contribution in [2.24, 2.45) is 0 Å². The minimum absolute atomic E-state index is 1.23. The summed E-state index contributed by atoms with van der Waals surface area (Å²) in [7, 11) is 0. The summed E-state index contributed by atoms with van der Waals surface area (Å²) in [4.78, 5) is 3.12. The van der Waals surface area contributed by atoms with Gasteiger partial charge in [-0.15, -0.1) is 0 Å². The number of hydrogen-bond donors (Lipinski definition) is 1. The lowest BCUT2D eigenvalue weighted by atomic mass is 10.1. The van der Waals surface area contributed by atoms with Gasteiger partial charge in [-0.1, -0.05) is 12.2 Å². The fourth-order valence-electron chi connectivity index (χ4n) is 1.40. The Hall–Kier alpha value is -0.980. The maximum absolute atomic E-state index is 3.12. The standard InChI is InChI=1S/C9H11N/c1-2-4-8-6-10-7-9(8)5-3-1/h2,4,6-7,10H,1,3,5H2. The molecule has 0 aromatic carbocycles. The molecule has 0 saturated carbocycles. The van der Waals surface area contributed by atoms with Crippen molar-refractivity contribution in [3.8, 4) is 0 Å². The molecule has 0 amide bonds. The lowest BCUT2D eigenvalue weighted by molar-refractivity contribution is 0.852. The van der Waals surface area contributed by atoms with Gasteiger partial charge in [0.25, 0.3) is 0 Å². The Morgan fingerprint density at radius 2 is 2.30 bits per heavy atom. The third-order valence-corrected chi connectivity index (χ3v) is 1.98. The van der Waals surface area contributed by atoms with Crippen LogP contribution in [0.3, 0.4) is 0 Å². The second kappa shape index (κ2) is 2.33. The number of aromatic amines is 1. The van der Waals surface area contributed by atoms with Crippen molar-refractivity contribution in [1.82, 2.24) is 4.98 Å². The molecule has 0 fully saturated rings. The number of nitrogens with one attached hydrogen (secondary N) is 1. The van der Waals surface area contributed by atoms with Crippen molar-refractivity contribution in [3.05, 3.63) is 29.6 Å². The van der Waals surface area contributed by atoms with Gasteiger partial charge in [0.1, 0.15) is 0 Å². The Morgan fingerprint density at radius 3 is 3.30 bits per heavy atom. The number of allylic oxidation sites excluding steroid dienone is 1. The Bertz CT molecular complexity index is 245. The zero-order chi connectivity index (χ0) is 6.81. The van der Waals surface area contributed by atoms with E-state index in [1.165, 1.54) is 30.4 Å². The van der Waals surface area contributed by atoms with Crippen LogP contribution in [0.1, 0.15) is 24.0 Å². The summed E-state index contributed by atoms with van der Waals surface area (Å²) in [5.74, 6) is 0. The Morgan fingerprint density at radius 1 is 1.30 bits per heavy atom. The molecule has 1 aromatic heterocycles. The number of H-pyrrole nitrogens is 1. The van der Waals surface area contributed by atoms with Gasteiger partial charge in [0.05, 0.1) is 0 Å². The molecule has 1 aliphatic rings.